The number of carboxylic acids is 1. The van der Waals surface area contributed by atoms with Crippen molar-refractivity contribution in [1.29, 1.82) is 0 Å². The first-order chi connectivity index (χ1) is 9.29. The summed E-state index contributed by atoms with van der Waals surface area (Å²) >= 11 is 5.70. The second-order valence-corrected chi connectivity index (χ2v) is 6.63. The molecule has 1 heterocycles. The van der Waals surface area contributed by atoms with E-state index in [1.807, 2.05) is 0 Å². The lowest BCUT2D eigenvalue weighted by atomic mass is 10.2. The summed E-state index contributed by atoms with van der Waals surface area (Å²) in [5.74, 6) is -1.28. The molecule has 0 unspecified atom stereocenters. The van der Waals surface area contributed by atoms with Gasteiger partial charge in [-0.15, -0.1) is 0 Å². The maximum Gasteiger partial charge on any atom is 0.339 e. The van der Waals surface area contributed by atoms with Gasteiger partial charge in [-0.25, -0.2) is 13.2 Å². The summed E-state index contributed by atoms with van der Waals surface area (Å²) in [6.07, 6.45) is 0. The summed E-state index contributed by atoms with van der Waals surface area (Å²) in [5, 5.41) is 9.34. The van der Waals surface area contributed by atoms with Crippen molar-refractivity contribution >= 4 is 27.4 Å². The third kappa shape index (κ3) is 3.02. The fraction of sp³-hybridized carbons (Fsp3) is 0.154. The van der Waals surface area contributed by atoms with Crippen LogP contribution in [-0.2, 0) is 15.6 Å². The van der Waals surface area contributed by atoms with Gasteiger partial charge in [-0.2, -0.15) is 0 Å². The summed E-state index contributed by atoms with van der Waals surface area (Å²) in [7, 11) is -3.60. The number of hydrogen-bond acceptors (Lipinski definition) is 4. The number of benzene rings is 1. The lowest BCUT2D eigenvalue weighted by molar-refractivity contribution is 0.0695. The zero-order chi connectivity index (χ0) is 14.9. The number of aryl methyl sites for hydroxylation is 1. The van der Waals surface area contributed by atoms with Gasteiger partial charge in [0.1, 0.15) is 22.8 Å². The SMILES string of the molecule is Cc1oc(CS(=O)(=O)c2ccc(Cl)cc2)cc1C(=O)O. The van der Waals surface area contributed by atoms with Crippen LogP contribution in [0.2, 0.25) is 5.02 Å². The van der Waals surface area contributed by atoms with Gasteiger partial charge in [-0.3, -0.25) is 0 Å². The Morgan fingerprint density at radius 1 is 1.30 bits per heavy atom. The van der Waals surface area contributed by atoms with E-state index in [4.69, 9.17) is 21.1 Å². The molecule has 0 aliphatic heterocycles. The van der Waals surface area contributed by atoms with Crippen LogP contribution in [0.5, 0.6) is 0 Å². The van der Waals surface area contributed by atoms with E-state index in [1.165, 1.54) is 37.3 Å². The number of furan rings is 1. The van der Waals surface area contributed by atoms with Gasteiger partial charge in [-0.1, -0.05) is 11.6 Å². The van der Waals surface area contributed by atoms with E-state index in [0.29, 0.717) is 5.02 Å². The van der Waals surface area contributed by atoms with Crippen molar-refractivity contribution in [3.05, 3.63) is 52.4 Å². The highest BCUT2D eigenvalue weighted by atomic mass is 35.5. The van der Waals surface area contributed by atoms with Gasteiger partial charge in [-0.05, 0) is 37.3 Å². The first-order valence-corrected chi connectivity index (χ1v) is 7.63. The Morgan fingerprint density at radius 2 is 1.90 bits per heavy atom. The molecule has 0 fully saturated rings. The Labute approximate surface area is 120 Å². The van der Waals surface area contributed by atoms with Crippen LogP contribution in [0, 0.1) is 6.92 Å². The van der Waals surface area contributed by atoms with Crippen LogP contribution in [0.3, 0.4) is 0 Å². The third-order valence-corrected chi connectivity index (χ3v) is 4.61. The molecule has 0 atom stereocenters. The van der Waals surface area contributed by atoms with Crippen molar-refractivity contribution in [2.45, 2.75) is 17.6 Å². The van der Waals surface area contributed by atoms with Gasteiger partial charge >= 0.3 is 5.97 Å². The molecule has 1 aromatic carbocycles. The molecule has 0 spiro atoms. The minimum Gasteiger partial charge on any atom is -0.478 e. The fourth-order valence-electron chi connectivity index (χ4n) is 1.74. The summed E-state index contributed by atoms with van der Waals surface area (Å²) in [5.41, 5.74) is -0.0358. The molecule has 2 aromatic rings. The standard InChI is InChI=1S/C13H11ClO5S/c1-8-12(13(15)16)6-10(19-8)7-20(17,18)11-4-2-9(14)3-5-11/h2-6H,7H2,1H3,(H,15,16). The number of hydrogen-bond donors (Lipinski definition) is 1. The minimum atomic E-state index is -3.60. The Balaban J connectivity index is 2.31. The van der Waals surface area contributed by atoms with Gasteiger partial charge in [0.05, 0.1) is 4.90 Å². The van der Waals surface area contributed by atoms with Crippen LogP contribution in [-0.4, -0.2) is 19.5 Å². The number of halogens is 1. The first kappa shape index (κ1) is 14.6. The van der Waals surface area contributed by atoms with Crippen molar-refractivity contribution < 1.29 is 22.7 Å². The molecule has 0 amide bonds. The second kappa shape index (κ2) is 5.30. The molecule has 7 heteroatoms. The van der Waals surface area contributed by atoms with Gasteiger partial charge in [0.25, 0.3) is 0 Å². The summed E-state index contributed by atoms with van der Waals surface area (Å²) in [6, 6.07) is 6.97. The van der Waals surface area contributed by atoms with Crippen LogP contribution >= 0.6 is 11.6 Å². The van der Waals surface area contributed by atoms with Crippen LogP contribution in [0.4, 0.5) is 0 Å². The average Bonchev–Trinajstić information content (AvgIpc) is 2.70. The molecule has 2 rings (SSSR count). The number of sulfone groups is 1. The fourth-order valence-corrected chi connectivity index (χ4v) is 3.10. The van der Waals surface area contributed by atoms with Crippen LogP contribution in [0.15, 0.2) is 39.6 Å². The maximum atomic E-state index is 12.2. The predicted molar refractivity (Wildman–Crippen MR) is 72.7 cm³/mol. The van der Waals surface area contributed by atoms with Crippen LogP contribution in [0.25, 0.3) is 0 Å². The predicted octanol–water partition coefficient (Wildman–Crippen LogP) is 2.91. The number of aromatic carboxylic acids is 1. The third-order valence-electron chi connectivity index (χ3n) is 2.70. The molecule has 0 aliphatic carbocycles. The highest BCUT2D eigenvalue weighted by Gasteiger charge is 2.20. The maximum absolute atomic E-state index is 12.2. The molecular formula is C13H11ClO5S. The minimum absolute atomic E-state index is 0.0358. The van der Waals surface area contributed by atoms with Crippen molar-refractivity contribution in [2.75, 3.05) is 0 Å². The first-order valence-electron chi connectivity index (χ1n) is 5.60. The number of rotatable bonds is 4. The topological polar surface area (TPSA) is 84.6 Å². The highest BCUT2D eigenvalue weighted by Crippen LogP contribution is 2.22. The van der Waals surface area contributed by atoms with Crippen LogP contribution < -0.4 is 0 Å². The molecule has 106 valence electrons. The second-order valence-electron chi connectivity index (χ2n) is 4.20. The number of carboxylic acid groups (broad SMARTS) is 1. The van der Waals surface area contributed by atoms with Crippen molar-refractivity contribution in [1.82, 2.24) is 0 Å². The van der Waals surface area contributed by atoms with Crippen molar-refractivity contribution in [3.8, 4) is 0 Å². The lowest BCUT2D eigenvalue weighted by Gasteiger charge is -2.02. The van der Waals surface area contributed by atoms with Gasteiger partial charge in [0, 0.05) is 5.02 Å². The van der Waals surface area contributed by atoms with Crippen molar-refractivity contribution in [2.24, 2.45) is 0 Å². The van der Waals surface area contributed by atoms with Gasteiger partial charge in [0.2, 0.25) is 0 Å². The molecule has 20 heavy (non-hydrogen) atoms. The molecule has 0 aliphatic rings. The Morgan fingerprint density at radius 3 is 2.40 bits per heavy atom. The molecule has 0 saturated heterocycles. The average molecular weight is 315 g/mol. The Hall–Kier alpha value is -1.79. The molecule has 5 nitrogen and oxygen atoms in total. The van der Waals surface area contributed by atoms with Gasteiger partial charge in [0.15, 0.2) is 9.84 Å². The van der Waals surface area contributed by atoms with E-state index < -0.39 is 21.6 Å². The van der Waals surface area contributed by atoms with E-state index >= 15 is 0 Å². The zero-order valence-corrected chi connectivity index (χ0v) is 12.0. The normalized spacial score (nSPS) is 11.5. The molecule has 0 radical (unpaired) electrons. The summed E-state index contributed by atoms with van der Waals surface area (Å²) in [6.45, 7) is 1.47. The molecule has 0 saturated carbocycles. The Bertz CT molecular complexity index is 744. The lowest BCUT2D eigenvalue weighted by Crippen LogP contribution is -2.04. The molecular weight excluding hydrogens is 304 g/mol. The Kier molecular flexibility index (Phi) is 3.87. The van der Waals surface area contributed by atoms with Crippen molar-refractivity contribution in [3.63, 3.8) is 0 Å². The monoisotopic (exact) mass is 314 g/mol. The molecule has 1 aromatic heterocycles. The van der Waals surface area contributed by atoms with E-state index in [1.54, 1.807) is 0 Å². The number of carbonyl (C=O) groups is 1. The zero-order valence-electron chi connectivity index (χ0n) is 10.5. The molecule has 0 bridgehead atoms. The summed E-state index contributed by atoms with van der Waals surface area (Å²) in [4.78, 5) is 11.0. The quantitative estimate of drug-likeness (QED) is 0.938. The highest BCUT2D eigenvalue weighted by molar-refractivity contribution is 7.90. The summed E-state index contributed by atoms with van der Waals surface area (Å²) < 4.78 is 29.5. The van der Waals surface area contributed by atoms with E-state index in [2.05, 4.69) is 0 Å². The largest absolute Gasteiger partial charge is 0.478 e. The van der Waals surface area contributed by atoms with Gasteiger partial charge < -0.3 is 9.52 Å². The smallest absolute Gasteiger partial charge is 0.339 e. The van der Waals surface area contributed by atoms with Crippen LogP contribution in [0.1, 0.15) is 21.9 Å². The molecule has 1 N–H and O–H groups in total. The van der Waals surface area contributed by atoms with E-state index in [-0.39, 0.29) is 22.0 Å². The van der Waals surface area contributed by atoms with E-state index in [0.717, 1.165) is 0 Å². The van der Waals surface area contributed by atoms with E-state index in [9.17, 15) is 13.2 Å².